The van der Waals surface area contributed by atoms with Crippen LogP contribution in [0.3, 0.4) is 0 Å². The number of hydrogen-bond donors (Lipinski definition) is 0. The van der Waals surface area contributed by atoms with E-state index in [1.807, 2.05) is 19.9 Å². The van der Waals surface area contributed by atoms with Gasteiger partial charge in [0.25, 0.3) is 0 Å². The Hall–Kier alpha value is -3.74. The molecule has 0 aliphatic heterocycles. The van der Waals surface area contributed by atoms with Gasteiger partial charge in [-0.25, -0.2) is 0 Å². The van der Waals surface area contributed by atoms with Crippen LogP contribution in [0.1, 0.15) is 70.6 Å². The van der Waals surface area contributed by atoms with E-state index < -0.39 is 39.4 Å². The molecule has 0 fully saturated rings. The summed E-state index contributed by atoms with van der Waals surface area (Å²) in [5, 5.41) is 0. The SMILES string of the molecule is CC1=C[C](C)([Ti]([O]C(=O)c2ccccc2)([O]C(=O)c2ccccc2)[O]C(=O)c2ccccc2)C2=C1CCCC2. The molecule has 1 unspecified atom stereocenters. The van der Waals surface area contributed by atoms with Crippen molar-refractivity contribution in [2.45, 2.75) is 43.3 Å². The molecule has 3 aromatic carbocycles. The van der Waals surface area contributed by atoms with Crippen molar-refractivity contribution in [1.29, 1.82) is 0 Å². The fourth-order valence-electron chi connectivity index (χ4n) is 5.44. The Morgan fingerprint density at radius 3 is 1.44 bits per heavy atom. The molecule has 6 nitrogen and oxygen atoms in total. The first-order valence-corrected chi connectivity index (χ1v) is 15.8. The molecule has 2 aliphatic rings. The number of hydrogen-bond acceptors (Lipinski definition) is 6. The van der Waals surface area contributed by atoms with Gasteiger partial charge in [0.05, 0.1) is 0 Å². The van der Waals surface area contributed by atoms with Crippen LogP contribution in [-0.2, 0) is 27.7 Å². The third-order valence-electron chi connectivity index (χ3n) is 7.42. The predicted molar refractivity (Wildman–Crippen MR) is 143 cm³/mol. The van der Waals surface area contributed by atoms with Crippen LogP contribution < -0.4 is 0 Å². The molecule has 0 saturated heterocycles. The summed E-state index contributed by atoms with van der Waals surface area (Å²) >= 11 is -5.30. The normalized spacial score (nSPS) is 18.6. The van der Waals surface area contributed by atoms with Gasteiger partial charge in [-0.3, -0.25) is 0 Å². The second-order valence-corrected chi connectivity index (χ2v) is 14.3. The van der Waals surface area contributed by atoms with Crippen LogP contribution in [0.2, 0.25) is 3.72 Å². The van der Waals surface area contributed by atoms with Gasteiger partial charge in [-0.2, -0.15) is 0 Å². The van der Waals surface area contributed by atoms with E-state index in [0.717, 1.165) is 36.8 Å². The zero-order valence-electron chi connectivity index (χ0n) is 22.0. The Bertz CT molecular complexity index is 1320. The van der Waals surface area contributed by atoms with E-state index >= 15 is 0 Å². The molecule has 0 spiro atoms. The summed E-state index contributed by atoms with van der Waals surface area (Å²) in [4.78, 5) is 40.9. The molecule has 0 aromatic heterocycles. The molecule has 0 bridgehead atoms. The van der Waals surface area contributed by atoms with Gasteiger partial charge in [-0.05, 0) is 0 Å². The fraction of sp³-hybridized carbons (Fsp3) is 0.219. The molecule has 0 saturated carbocycles. The van der Waals surface area contributed by atoms with Crippen molar-refractivity contribution in [3.63, 3.8) is 0 Å². The zero-order valence-corrected chi connectivity index (χ0v) is 23.6. The third kappa shape index (κ3) is 5.27. The van der Waals surface area contributed by atoms with E-state index in [1.54, 1.807) is 91.0 Å². The summed E-state index contributed by atoms with van der Waals surface area (Å²) in [6, 6.07) is 25.4. The fourth-order valence-corrected chi connectivity index (χ4v) is 9.95. The average molecular weight is 558 g/mol. The van der Waals surface area contributed by atoms with Gasteiger partial charge in [0.15, 0.2) is 0 Å². The van der Waals surface area contributed by atoms with E-state index in [4.69, 9.17) is 9.96 Å². The van der Waals surface area contributed by atoms with E-state index in [0.29, 0.717) is 0 Å². The van der Waals surface area contributed by atoms with Gasteiger partial charge >= 0.3 is 234 Å². The quantitative estimate of drug-likeness (QED) is 0.280. The van der Waals surface area contributed by atoms with Gasteiger partial charge in [0.2, 0.25) is 0 Å². The first-order chi connectivity index (χ1) is 18.8. The van der Waals surface area contributed by atoms with Crippen LogP contribution in [0.15, 0.2) is 114 Å². The number of carbonyl (C=O) groups excluding carboxylic acids is 3. The molecule has 0 N–H and O–H groups in total. The molecule has 0 amide bonds. The Morgan fingerprint density at radius 2 is 1.03 bits per heavy atom. The minimum atomic E-state index is -5.30. The van der Waals surface area contributed by atoms with Crippen molar-refractivity contribution < 1.29 is 42.1 Å². The van der Waals surface area contributed by atoms with Gasteiger partial charge in [0, 0.05) is 0 Å². The Labute approximate surface area is 233 Å². The number of rotatable bonds is 7. The van der Waals surface area contributed by atoms with Gasteiger partial charge in [-0.1, -0.05) is 0 Å². The van der Waals surface area contributed by atoms with E-state index in [9.17, 15) is 14.4 Å². The van der Waals surface area contributed by atoms with Crippen LogP contribution >= 0.6 is 0 Å². The van der Waals surface area contributed by atoms with Crippen LogP contribution in [-0.4, -0.2) is 17.9 Å². The van der Waals surface area contributed by atoms with Crippen molar-refractivity contribution in [2.24, 2.45) is 0 Å². The topological polar surface area (TPSA) is 78.9 Å². The molecule has 1 atom stereocenters. The summed E-state index contributed by atoms with van der Waals surface area (Å²) in [5.41, 5.74) is 4.05. The maximum atomic E-state index is 13.6. The zero-order chi connectivity index (χ0) is 27.5. The Kier molecular flexibility index (Phi) is 7.69. The number of benzene rings is 3. The van der Waals surface area contributed by atoms with Gasteiger partial charge in [-0.15, -0.1) is 0 Å². The third-order valence-corrected chi connectivity index (χ3v) is 12.2. The second-order valence-electron chi connectivity index (χ2n) is 10.0. The van der Waals surface area contributed by atoms with Crippen LogP contribution in [0.5, 0.6) is 0 Å². The summed E-state index contributed by atoms with van der Waals surface area (Å²) in [6.45, 7) is 3.90. The summed E-state index contributed by atoms with van der Waals surface area (Å²) in [5.74, 6) is -2.10. The maximum absolute atomic E-state index is 13.6. The molecule has 198 valence electrons. The second kappa shape index (κ2) is 11.2. The van der Waals surface area contributed by atoms with Crippen molar-refractivity contribution >= 4 is 17.9 Å². The van der Waals surface area contributed by atoms with Gasteiger partial charge in [0.1, 0.15) is 0 Å². The van der Waals surface area contributed by atoms with E-state index in [1.165, 1.54) is 5.57 Å². The molecule has 2 aliphatic carbocycles. The summed E-state index contributed by atoms with van der Waals surface area (Å²) < 4.78 is 17.8. The molecule has 3 aromatic rings. The molecular formula is C32H30O6Ti. The standard InChI is InChI=1S/C11H15.3C7H6O2.Ti/c1-8-7-9(2)11-6-4-3-5-10(8)11;3*8-7(9)6-4-2-1-3-5-6;/h7H,3-6H2,1-2H3;3*1-5H,(H,8,9);/q;;;;+3/p-3. The predicted octanol–water partition coefficient (Wildman–Crippen LogP) is 7.47. The molecule has 0 heterocycles. The minimum absolute atomic E-state index is 0.277. The van der Waals surface area contributed by atoms with Crippen molar-refractivity contribution in [3.05, 3.63) is 130 Å². The average Bonchev–Trinajstić information content (AvgIpc) is 3.25. The van der Waals surface area contributed by atoms with E-state index in [2.05, 4.69) is 0 Å². The molecule has 5 rings (SSSR count). The Morgan fingerprint density at radius 1 is 0.641 bits per heavy atom. The summed E-state index contributed by atoms with van der Waals surface area (Å²) in [6.07, 6.45) is 5.58. The van der Waals surface area contributed by atoms with Gasteiger partial charge < -0.3 is 0 Å². The first kappa shape index (κ1) is 26.9. The van der Waals surface area contributed by atoms with Crippen LogP contribution in [0, 0.1) is 0 Å². The van der Waals surface area contributed by atoms with Crippen molar-refractivity contribution in [3.8, 4) is 0 Å². The molecule has 7 heteroatoms. The monoisotopic (exact) mass is 558 g/mol. The van der Waals surface area contributed by atoms with E-state index in [-0.39, 0.29) is 16.7 Å². The van der Waals surface area contributed by atoms with Crippen molar-refractivity contribution in [1.82, 2.24) is 0 Å². The first-order valence-electron chi connectivity index (χ1n) is 13.1. The molecular weight excluding hydrogens is 528 g/mol. The Balaban J connectivity index is 1.67. The van der Waals surface area contributed by atoms with Crippen molar-refractivity contribution in [2.75, 3.05) is 0 Å². The molecule has 0 radical (unpaired) electrons. The van der Waals surface area contributed by atoms with Crippen LogP contribution in [0.4, 0.5) is 0 Å². The molecule has 39 heavy (non-hydrogen) atoms. The number of carbonyl (C=O) groups is 3. The van der Waals surface area contributed by atoms with Crippen LogP contribution in [0.25, 0.3) is 0 Å². The number of allylic oxidation sites excluding steroid dienone is 4. The summed E-state index contributed by atoms with van der Waals surface area (Å²) in [7, 11) is 0.